The Morgan fingerprint density at radius 3 is 2.67 bits per heavy atom. The van der Waals surface area contributed by atoms with Crippen LogP contribution in [-0.2, 0) is 13.6 Å². The van der Waals surface area contributed by atoms with E-state index in [1.807, 2.05) is 36.0 Å². The van der Waals surface area contributed by atoms with E-state index in [9.17, 15) is 0 Å². The molecule has 0 saturated carbocycles. The van der Waals surface area contributed by atoms with E-state index < -0.39 is 0 Å². The van der Waals surface area contributed by atoms with Crippen molar-refractivity contribution in [3.05, 3.63) is 41.0 Å². The summed E-state index contributed by atoms with van der Waals surface area (Å²) in [6, 6.07) is 7.81. The van der Waals surface area contributed by atoms with Crippen LogP contribution in [0.2, 0.25) is 5.02 Å². The number of halogens is 1. The number of hydrogen-bond acceptors (Lipinski definition) is 2. The zero-order valence-corrected chi connectivity index (χ0v) is 11.5. The van der Waals surface area contributed by atoms with Crippen LogP contribution in [0.15, 0.2) is 30.5 Å². The van der Waals surface area contributed by atoms with Gasteiger partial charge in [-0.1, -0.05) is 30.7 Å². The van der Waals surface area contributed by atoms with E-state index in [1.54, 1.807) is 0 Å². The van der Waals surface area contributed by atoms with Gasteiger partial charge in [-0.25, -0.2) is 0 Å². The molecule has 0 radical (unpaired) electrons. The number of nitrogens with one attached hydrogen (secondary N) is 1. The van der Waals surface area contributed by atoms with Crippen molar-refractivity contribution in [1.82, 2.24) is 15.1 Å². The smallest absolute Gasteiger partial charge is 0.0968 e. The Hall–Kier alpha value is -1.32. The molecule has 18 heavy (non-hydrogen) atoms. The second kappa shape index (κ2) is 6.03. The Kier molecular flexibility index (Phi) is 4.39. The van der Waals surface area contributed by atoms with Gasteiger partial charge in [0.1, 0.15) is 0 Å². The summed E-state index contributed by atoms with van der Waals surface area (Å²) < 4.78 is 1.85. The third kappa shape index (κ3) is 3.12. The van der Waals surface area contributed by atoms with Gasteiger partial charge in [-0.05, 0) is 25.1 Å². The van der Waals surface area contributed by atoms with Gasteiger partial charge in [0.05, 0.1) is 5.69 Å². The van der Waals surface area contributed by atoms with Gasteiger partial charge < -0.3 is 5.32 Å². The van der Waals surface area contributed by atoms with Crippen LogP contribution in [-0.4, -0.2) is 16.3 Å². The fraction of sp³-hybridized carbons (Fsp3) is 0.357. The normalized spacial score (nSPS) is 10.8. The summed E-state index contributed by atoms with van der Waals surface area (Å²) in [6.07, 6.45) is 3.20. The van der Waals surface area contributed by atoms with Crippen molar-refractivity contribution in [2.24, 2.45) is 7.05 Å². The lowest BCUT2D eigenvalue weighted by atomic mass is 10.1. The van der Waals surface area contributed by atoms with Crippen molar-refractivity contribution in [3.63, 3.8) is 0 Å². The van der Waals surface area contributed by atoms with E-state index in [-0.39, 0.29) is 0 Å². The van der Waals surface area contributed by atoms with Crippen molar-refractivity contribution in [2.75, 3.05) is 6.54 Å². The number of aryl methyl sites for hydroxylation is 1. The molecule has 0 amide bonds. The van der Waals surface area contributed by atoms with E-state index in [0.29, 0.717) is 0 Å². The van der Waals surface area contributed by atoms with Crippen LogP contribution in [0.25, 0.3) is 11.3 Å². The molecule has 96 valence electrons. The monoisotopic (exact) mass is 263 g/mol. The van der Waals surface area contributed by atoms with Crippen molar-refractivity contribution in [1.29, 1.82) is 0 Å². The maximum Gasteiger partial charge on any atom is 0.0968 e. The minimum atomic E-state index is 0.750. The third-order valence-electron chi connectivity index (χ3n) is 2.76. The Balaban J connectivity index is 2.23. The number of rotatable bonds is 5. The number of benzene rings is 1. The molecule has 0 aliphatic rings. The largest absolute Gasteiger partial charge is 0.313 e. The summed E-state index contributed by atoms with van der Waals surface area (Å²) in [7, 11) is 1.95. The molecule has 0 saturated heterocycles. The summed E-state index contributed by atoms with van der Waals surface area (Å²) in [5, 5.41) is 8.68. The standard InChI is InChI=1S/C14H18ClN3/c1-3-8-16-9-12-10-18(2)17-14(12)11-4-6-13(15)7-5-11/h4-7,10,16H,3,8-9H2,1-2H3. The van der Waals surface area contributed by atoms with E-state index >= 15 is 0 Å². The van der Waals surface area contributed by atoms with E-state index in [4.69, 9.17) is 11.6 Å². The number of nitrogens with zero attached hydrogens (tertiary/aromatic N) is 2. The van der Waals surface area contributed by atoms with Gasteiger partial charge in [0.25, 0.3) is 0 Å². The van der Waals surface area contributed by atoms with Crippen LogP contribution < -0.4 is 5.32 Å². The van der Waals surface area contributed by atoms with Crippen molar-refractivity contribution in [3.8, 4) is 11.3 Å². The molecular weight excluding hydrogens is 246 g/mol. The molecule has 0 aliphatic carbocycles. The van der Waals surface area contributed by atoms with Crippen LogP contribution in [0, 0.1) is 0 Å². The molecular formula is C14H18ClN3. The van der Waals surface area contributed by atoms with Crippen molar-refractivity contribution < 1.29 is 0 Å². The fourth-order valence-electron chi connectivity index (χ4n) is 1.92. The maximum atomic E-state index is 5.91. The fourth-order valence-corrected chi connectivity index (χ4v) is 2.04. The second-order valence-corrected chi connectivity index (χ2v) is 4.80. The first-order valence-electron chi connectivity index (χ1n) is 6.20. The Morgan fingerprint density at radius 1 is 1.28 bits per heavy atom. The number of hydrogen-bond donors (Lipinski definition) is 1. The first-order valence-corrected chi connectivity index (χ1v) is 6.57. The number of aromatic nitrogens is 2. The Bertz CT molecular complexity index is 502. The third-order valence-corrected chi connectivity index (χ3v) is 3.02. The van der Waals surface area contributed by atoms with Crippen LogP contribution in [0.5, 0.6) is 0 Å². The minimum absolute atomic E-state index is 0.750. The zero-order valence-electron chi connectivity index (χ0n) is 10.8. The summed E-state index contributed by atoms with van der Waals surface area (Å²) >= 11 is 5.91. The van der Waals surface area contributed by atoms with Gasteiger partial charge in [-0.3, -0.25) is 4.68 Å². The summed E-state index contributed by atoms with van der Waals surface area (Å²) in [5.41, 5.74) is 3.35. The van der Waals surface area contributed by atoms with Gasteiger partial charge in [0, 0.05) is 35.9 Å². The molecule has 0 aliphatic heterocycles. The van der Waals surface area contributed by atoms with Gasteiger partial charge in [0.15, 0.2) is 0 Å². The molecule has 3 nitrogen and oxygen atoms in total. The maximum absolute atomic E-state index is 5.91. The van der Waals surface area contributed by atoms with Gasteiger partial charge in [-0.15, -0.1) is 0 Å². The average Bonchev–Trinajstić information content (AvgIpc) is 2.72. The molecule has 1 N–H and O–H groups in total. The molecule has 1 aromatic heterocycles. The lowest BCUT2D eigenvalue weighted by molar-refractivity contribution is 0.675. The first kappa shape index (κ1) is 13.1. The van der Waals surface area contributed by atoms with Crippen LogP contribution in [0.3, 0.4) is 0 Å². The predicted octanol–water partition coefficient (Wildman–Crippen LogP) is 3.24. The van der Waals surface area contributed by atoms with Crippen molar-refractivity contribution in [2.45, 2.75) is 19.9 Å². The van der Waals surface area contributed by atoms with E-state index in [2.05, 4.69) is 23.5 Å². The summed E-state index contributed by atoms with van der Waals surface area (Å²) in [5.74, 6) is 0. The molecule has 2 aromatic rings. The quantitative estimate of drug-likeness (QED) is 0.840. The second-order valence-electron chi connectivity index (χ2n) is 4.36. The summed E-state index contributed by atoms with van der Waals surface area (Å²) in [4.78, 5) is 0. The molecule has 2 rings (SSSR count). The SMILES string of the molecule is CCCNCc1cn(C)nc1-c1ccc(Cl)cc1. The highest BCUT2D eigenvalue weighted by molar-refractivity contribution is 6.30. The van der Waals surface area contributed by atoms with Gasteiger partial charge >= 0.3 is 0 Å². The van der Waals surface area contributed by atoms with Gasteiger partial charge in [-0.2, -0.15) is 5.10 Å². The molecule has 0 atom stereocenters. The molecule has 4 heteroatoms. The lowest BCUT2D eigenvalue weighted by Crippen LogP contribution is -2.13. The average molecular weight is 264 g/mol. The highest BCUT2D eigenvalue weighted by Crippen LogP contribution is 2.23. The molecule has 1 aromatic carbocycles. The van der Waals surface area contributed by atoms with E-state index in [1.165, 1.54) is 5.56 Å². The predicted molar refractivity (Wildman–Crippen MR) is 75.7 cm³/mol. The Morgan fingerprint density at radius 2 is 2.00 bits per heavy atom. The molecule has 0 bridgehead atoms. The van der Waals surface area contributed by atoms with Crippen molar-refractivity contribution >= 4 is 11.6 Å². The highest BCUT2D eigenvalue weighted by Gasteiger charge is 2.09. The zero-order chi connectivity index (χ0) is 13.0. The summed E-state index contributed by atoms with van der Waals surface area (Å²) in [6.45, 7) is 4.03. The highest BCUT2D eigenvalue weighted by atomic mass is 35.5. The Labute approximate surface area is 113 Å². The van der Waals surface area contributed by atoms with Crippen LogP contribution in [0.1, 0.15) is 18.9 Å². The molecule has 0 fully saturated rings. The molecule has 0 unspecified atom stereocenters. The van der Waals surface area contributed by atoms with Crippen LogP contribution >= 0.6 is 11.6 Å². The van der Waals surface area contributed by atoms with E-state index in [0.717, 1.165) is 35.8 Å². The first-order chi connectivity index (χ1) is 8.70. The molecule has 0 spiro atoms. The van der Waals surface area contributed by atoms with Crippen LogP contribution in [0.4, 0.5) is 0 Å². The lowest BCUT2D eigenvalue weighted by Gasteiger charge is -2.04. The minimum Gasteiger partial charge on any atom is -0.313 e. The van der Waals surface area contributed by atoms with Gasteiger partial charge in [0.2, 0.25) is 0 Å². The molecule has 1 heterocycles. The topological polar surface area (TPSA) is 29.9 Å².